The number of pyridine rings is 1. The molecule has 0 aliphatic rings. The summed E-state index contributed by atoms with van der Waals surface area (Å²) >= 11 is 0. The molecule has 2 N–H and O–H groups in total. The average molecular weight is 340 g/mol. The van der Waals surface area contributed by atoms with E-state index in [1.807, 2.05) is 18.2 Å². The van der Waals surface area contributed by atoms with Gasteiger partial charge in [-0.1, -0.05) is 50.2 Å². The first-order valence-electron chi connectivity index (χ1n) is 8.62. The fourth-order valence-corrected chi connectivity index (χ4v) is 2.53. The van der Waals surface area contributed by atoms with E-state index in [0.717, 1.165) is 24.6 Å². The minimum atomic E-state index is 0.00342. The highest BCUT2D eigenvalue weighted by Gasteiger charge is 2.20. The number of ether oxygens (including phenoxy) is 1. The second-order valence-corrected chi connectivity index (χ2v) is 6.47. The molecule has 1 aromatic heterocycles. The maximum atomic E-state index is 5.29. The summed E-state index contributed by atoms with van der Waals surface area (Å²) < 4.78 is 5.29. The van der Waals surface area contributed by atoms with E-state index in [1.165, 1.54) is 5.56 Å². The fraction of sp³-hybridized carbons (Fsp3) is 0.400. The summed E-state index contributed by atoms with van der Waals surface area (Å²) in [6, 6.07) is 14.4. The van der Waals surface area contributed by atoms with Crippen LogP contribution in [0.4, 0.5) is 0 Å². The lowest BCUT2D eigenvalue weighted by atomic mass is 9.85. The lowest BCUT2D eigenvalue weighted by molar-refractivity contribution is 0.392. The molecule has 2 rings (SSSR count). The Bertz CT molecular complexity index is 683. The molecular weight excluding hydrogens is 312 g/mol. The lowest BCUT2D eigenvalue weighted by Crippen LogP contribution is -2.43. The normalized spacial score (nSPS) is 11.9. The number of aromatic nitrogens is 1. The van der Waals surface area contributed by atoms with E-state index in [-0.39, 0.29) is 5.41 Å². The molecule has 2 aromatic rings. The zero-order chi connectivity index (χ0) is 18.1. The molecule has 1 aromatic carbocycles. The number of benzene rings is 1. The molecule has 0 aliphatic heterocycles. The van der Waals surface area contributed by atoms with Crippen molar-refractivity contribution in [3.05, 3.63) is 59.8 Å². The van der Waals surface area contributed by atoms with Gasteiger partial charge in [0.25, 0.3) is 0 Å². The number of guanidine groups is 1. The highest BCUT2D eigenvalue weighted by Crippen LogP contribution is 2.21. The molecule has 134 valence electrons. The van der Waals surface area contributed by atoms with Gasteiger partial charge >= 0.3 is 0 Å². The summed E-state index contributed by atoms with van der Waals surface area (Å²) in [5.74, 6) is 1.41. The quantitative estimate of drug-likeness (QED) is 0.601. The van der Waals surface area contributed by atoms with Crippen molar-refractivity contribution in [3.63, 3.8) is 0 Å². The second-order valence-electron chi connectivity index (χ2n) is 6.47. The Morgan fingerprint density at radius 2 is 1.88 bits per heavy atom. The average Bonchev–Trinajstić information content (AvgIpc) is 2.65. The van der Waals surface area contributed by atoms with Crippen LogP contribution in [0.3, 0.4) is 0 Å². The Kier molecular flexibility index (Phi) is 6.81. The third-order valence-electron chi connectivity index (χ3n) is 4.05. The molecule has 1 heterocycles. The van der Waals surface area contributed by atoms with E-state index in [0.29, 0.717) is 12.4 Å². The monoisotopic (exact) mass is 340 g/mol. The SMILES string of the molecule is CCNC(=NCc1cccnc1OC)NCC(C)(C)c1ccccc1. The van der Waals surface area contributed by atoms with Crippen molar-refractivity contribution in [2.75, 3.05) is 20.2 Å². The Balaban J connectivity index is 2.05. The highest BCUT2D eigenvalue weighted by molar-refractivity contribution is 5.79. The molecule has 0 saturated heterocycles. The van der Waals surface area contributed by atoms with Crippen LogP contribution < -0.4 is 15.4 Å². The van der Waals surface area contributed by atoms with Crippen molar-refractivity contribution in [3.8, 4) is 5.88 Å². The highest BCUT2D eigenvalue weighted by atomic mass is 16.5. The van der Waals surface area contributed by atoms with Gasteiger partial charge in [-0.15, -0.1) is 0 Å². The summed E-state index contributed by atoms with van der Waals surface area (Å²) in [5.41, 5.74) is 2.26. The summed E-state index contributed by atoms with van der Waals surface area (Å²) in [6.45, 7) is 8.61. The van der Waals surface area contributed by atoms with Crippen molar-refractivity contribution >= 4 is 5.96 Å². The third kappa shape index (κ3) is 5.48. The maximum absolute atomic E-state index is 5.29. The van der Waals surface area contributed by atoms with Gasteiger partial charge in [0.2, 0.25) is 5.88 Å². The van der Waals surface area contributed by atoms with Crippen LogP contribution in [0, 0.1) is 0 Å². The molecule has 25 heavy (non-hydrogen) atoms. The molecule has 5 nitrogen and oxygen atoms in total. The second kappa shape index (κ2) is 9.06. The zero-order valence-corrected chi connectivity index (χ0v) is 15.5. The largest absolute Gasteiger partial charge is 0.481 e. The van der Waals surface area contributed by atoms with Crippen molar-refractivity contribution < 1.29 is 4.74 Å². The van der Waals surface area contributed by atoms with Gasteiger partial charge in [0, 0.05) is 30.3 Å². The van der Waals surface area contributed by atoms with Gasteiger partial charge < -0.3 is 15.4 Å². The molecule has 0 amide bonds. The Morgan fingerprint density at radius 3 is 2.56 bits per heavy atom. The fourth-order valence-electron chi connectivity index (χ4n) is 2.53. The van der Waals surface area contributed by atoms with E-state index in [9.17, 15) is 0 Å². The van der Waals surface area contributed by atoms with Crippen molar-refractivity contribution in [2.45, 2.75) is 32.7 Å². The number of aliphatic imine (C=N–C) groups is 1. The summed E-state index contributed by atoms with van der Waals surface area (Å²) in [4.78, 5) is 8.88. The van der Waals surface area contributed by atoms with Gasteiger partial charge in [-0.2, -0.15) is 0 Å². The first-order valence-corrected chi connectivity index (χ1v) is 8.62. The number of nitrogens with zero attached hydrogens (tertiary/aromatic N) is 2. The van der Waals surface area contributed by atoms with E-state index < -0.39 is 0 Å². The molecule has 0 fully saturated rings. The van der Waals surface area contributed by atoms with Crippen LogP contribution in [-0.2, 0) is 12.0 Å². The Morgan fingerprint density at radius 1 is 1.12 bits per heavy atom. The van der Waals surface area contributed by atoms with Gasteiger partial charge in [0.05, 0.1) is 13.7 Å². The molecule has 0 saturated carbocycles. The lowest BCUT2D eigenvalue weighted by Gasteiger charge is -2.26. The third-order valence-corrected chi connectivity index (χ3v) is 4.05. The maximum Gasteiger partial charge on any atom is 0.218 e. The van der Waals surface area contributed by atoms with Gasteiger partial charge in [-0.3, -0.25) is 0 Å². The predicted octanol–water partition coefficient (Wildman–Crippen LogP) is 3.12. The van der Waals surface area contributed by atoms with Crippen LogP contribution in [0.15, 0.2) is 53.7 Å². The van der Waals surface area contributed by atoms with Crippen molar-refractivity contribution in [1.82, 2.24) is 15.6 Å². The van der Waals surface area contributed by atoms with Crippen LogP contribution in [0.2, 0.25) is 0 Å². The van der Waals surface area contributed by atoms with Crippen LogP contribution in [0.25, 0.3) is 0 Å². The van der Waals surface area contributed by atoms with Crippen LogP contribution in [0.1, 0.15) is 31.9 Å². The Labute approximate surface area is 150 Å². The van der Waals surface area contributed by atoms with E-state index in [1.54, 1.807) is 13.3 Å². The van der Waals surface area contributed by atoms with Crippen LogP contribution in [0.5, 0.6) is 5.88 Å². The first kappa shape index (κ1) is 18.8. The first-order chi connectivity index (χ1) is 12.1. The topological polar surface area (TPSA) is 58.5 Å². The summed E-state index contributed by atoms with van der Waals surface area (Å²) in [6.07, 6.45) is 1.72. The molecule has 0 bridgehead atoms. The predicted molar refractivity (Wildman–Crippen MR) is 103 cm³/mol. The molecule has 0 aliphatic carbocycles. The van der Waals surface area contributed by atoms with Crippen molar-refractivity contribution in [1.29, 1.82) is 0 Å². The van der Waals surface area contributed by atoms with Gasteiger partial charge in [-0.25, -0.2) is 9.98 Å². The van der Waals surface area contributed by atoms with Gasteiger partial charge in [-0.05, 0) is 18.6 Å². The smallest absolute Gasteiger partial charge is 0.218 e. The van der Waals surface area contributed by atoms with Gasteiger partial charge in [0.1, 0.15) is 0 Å². The molecule has 0 spiro atoms. The van der Waals surface area contributed by atoms with Crippen LogP contribution >= 0.6 is 0 Å². The Hall–Kier alpha value is -2.56. The molecule has 0 unspecified atom stereocenters. The summed E-state index contributed by atoms with van der Waals surface area (Å²) in [5, 5.41) is 6.74. The molecular formula is C20H28N4O. The standard InChI is InChI=1S/C20H28N4O/c1-5-21-19(23-14-16-10-9-13-22-18(16)25-4)24-15-20(2,3)17-11-7-6-8-12-17/h6-13H,5,14-15H2,1-4H3,(H2,21,23,24). The minimum Gasteiger partial charge on any atom is -0.481 e. The molecule has 0 atom stereocenters. The molecule has 5 heteroatoms. The van der Waals surface area contributed by atoms with Crippen LogP contribution in [-0.4, -0.2) is 31.1 Å². The van der Waals surface area contributed by atoms with Crippen molar-refractivity contribution in [2.24, 2.45) is 4.99 Å². The zero-order valence-electron chi connectivity index (χ0n) is 15.5. The van der Waals surface area contributed by atoms with E-state index >= 15 is 0 Å². The van der Waals surface area contributed by atoms with E-state index in [4.69, 9.17) is 4.74 Å². The van der Waals surface area contributed by atoms with E-state index in [2.05, 4.69) is 65.6 Å². The number of nitrogens with one attached hydrogen (secondary N) is 2. The number of hydrogen-bond acceptors (Lipinski definition) is 3. The number of hydrogen-bond donors (Lipinski definition) is 2. The van der Waals surface area contributed by atoms with Gasteiger partial charge in [0.15, 0.2) is 5.96 Å². The molecule has 0 radical (unpaired) electrons. The summed E-state index contributed by atoms with van der Waals surface area (Å²) in [7, 11) is 1.63. The number of methoxy groups -OCH3 is 1. The minimum absolute atomic E-state index is 0.00342. The number of rotatable bonds is 7.